The van der Waals surface area contributed by atoms with Crippen LogP contribution >= 0.6 is 0 Å². The van der Waals surface area contributed by atoms with Gasteiger partial charge in [-0.15, -0.1) is 0 Å². The van der Waals surface area contributed by atoms with E-state index in [0.29, 0.717) is 54.9 Å². The Bertz CT molecular complexity index is 1210. The summed E-state index contributed by atoms with van der Waals surface area (Å²) < 4.78 is 45.3. The van der Waals surface area contributed by atoms with Gasteiger partial charge in [0, 0.05) is 49.1 Å². The van der Waals surface area contributed by atoms with Gasteiger partial charge in [-0.3, -0.25) is 4.79 Å². The van der Waals surface area contributed by atoms with Crippen molar-refractivity contribution < 1.29 is 32.6 Å². The molecule has 0 spiro atoms. The van der Waals surface area contributed by atoms with Crippen molar-refractivity contribution in [2.24, 2.45) is 0 Å². The first-order valence-corrected chi connectivity index (χ1v) is 11.7. The molecule has 192 valence electrons. The van der Waals surface area contributed by atoms with Crippen molar-refractivity contribution in [3.63, 3.8) is 0 Å². The van der Waals surface area contributed by atoms with E-state index in [1.807, 2.05) is 6.07 Å². The van der Waals surface area contributed by atoms with Crippen molar-refractivity contribution >= 4 is 28.9 Å². The van der Waals surface area contributed by atoms with E-state index in [0.717, 1.165) is 17.7 Å². The van der Waals surface area contributed by atoms with Gasteiger partial charge in [0.25, 0.3) is 0 Å². The van der Waals surface area contributed by atoms with Crippen LogP contribution in [0.25, 0.3) is 5.57 Å². The topological polar surface area (TPSA) is 90.9 Å². The molecular formula is C26H28F3N3O4. The van der Waals surface area contributed by atoms with Gasteiger partial charge in [-0.2, -0.15) is 13.2 Å². The SMILES string of the molecule is CC1(C)C/C(=C\C(=O)Nc2ccc3c(c2)NC(=O)N(CCCCO)C3)c2ccc(C(F)(F)F)cc2O1. The van der Waals surface area contributed by atoms with Gasteiger partial charge in [0.1, 0.15) is 11.4 Å². The number of anilines is 2. The minimum absolute atomic E-state index is 0.0793. The maximum Gasteiger partial charge on any atom is 0.416 e. The van der Waals surface area contributed by atoms with E-state index in [4.69, 9.17) is 9.84 Å². The molecule has 2 aliphatic rings. The smallest absolute Gasteiger partial charge is 0.416 e. The molecule has 3 amide bonds. The van der Waals surface area contributed by atoms with Crippen molar-refractivity contribution in [1.82, 2.24) is 4.90 Å². The van der Waals surface area contributed by atoms with Crippen molar-refractivity contribution in [2.45, 2.75) is 51.4 Å². The van der Waals surface area contributed by atoms with Crippen molar-refractivity contribution in [1.29, 1.82) is 0 Å². The summed E-state index contributed by atoms with van der Waals surface area (Å²) >= 11 is 0. The fourth-order valence-corrected chi connectivity index (χ4v) is 4.38. The quantitative estimate of drug-likeness (QED) is 0.363. The molecular weight excluding hydrogens is 475 g/mol. The predicted octanol–water partition coefficient (Wildman–Crippen LogP) is 5.41. The minimum Gasteiger partial charge on any atom is -0.487 e. The average Bonchev–Trinajstić information content (AvgIpc) is 2.77. The highest BCUT2D eigenvalue weighted by Gasteiger charge is 2.35. The number of fused-ring (bicyclic) bond motifs is 2. The molecule has 0 bridgehead atoms. The first-order chi connectivity index (χ1) is 16.9. The molecule has 36 heavy (non-hydrogen) atoms. The lowest BCUT2D eigenvalue weighted by atomic mass is 9.88. The number of rotatable bonds is 6. The average molecular weight is 504 g/mol. The van der Waals surface area contributed by atoms with E-state index in [-0.39, 0.29) is 18.4 Å². The Kier molecular flexibility index (Phi) is 6.99. The summed E-state index contributed by atoms with van der Waals surface area (Å²) in [5.41, 5.74) is 1.38. The zero-order chi connectivity index (χ0) is 26.1. The van der Waals surface area contributed by atoms with Crippen LogP contribution in [0.5, 0.6) is 5.75 Å². The number of unbranched alkanes of at least 4 members (excludes halogenated alkanes) is 1. The fourth-order valence-electron chi connectivity index (χ4n) is 4.38. The number of carbonyl (C=O) groups excluding carboxylic acids is 2. The van der Waals surface area contributed by atoms with Crippen molar-refractivity contribution in [3.8, 4) is 5.75 Å². The molecule has 7 nitrogen and oxygen atoms in total. The van der Waals surface area contributed by atoms with Gasteiger partial charge in [-0.25, -0.2) is 4.79 Å². The Balaban J connectivity index is 1.51. The van der Waals surface area contributed by atoms with Crippen LogP contribution < -0.4 is 15.4 Å². The zero-order valence-corrected chi connectivity index (χ0v) is 20.0. The molecule has 0 radical (unpaired) electrons. The minimum atomic E-state index is -4.50. The molecule has 0 aromatic heterocycles. The van der Waals surface area contributed by atoms with Crippen LogP contribution in [0.3, 0.4) is 0 Å². The van der Waals surface area contributed by atoms with Crippen LogP contribution in [0, 0.1) is 0 Å². The fraction of sp³-hybridized carbons (Fsp3) is 0.385. The van der Waals surface area contributed by atoms with E-state index in [1.54, 1.807) is 30.9 Å². The number of halogens is 3. The second kappa shape index (κ2) is 9.85. The van der Waals surface area contributed by atoms with E-state index < -0.39 is 23.2 Å². The maximum atomic E-state index is 13.2. The van der Waals surface area contributed by atoms with Gasteiger partial charge < -0.3 is 25.4 Å². The van der Waals surface area contributed by atoms with Crippen molar-refractivity contribution in [3.05, 3.63) is 59.2 Å². The summed E-state index contributed by atoms with van der Waals surface area (Å²) in [6, 6.07) is 8.25. The number of amides is 3. The number of carbonyl (C=O) groups is 2. The molecule has 2 aromatic rings. The van der Waals surface area contributed by atoms with Gasteiger partial charge >= 0.3 is 12.2 Å². The number of ether oxygens (including phenoxy) is 1. The van der Waals surface area contributed by atoms with Gasteiger partial charge in [0.05, 0.1) is 5.56 Å². The molecule has 2 aliphatic heterocycles. The summed E-state index contributed by atoms with van der Waals surface area (Å²) in [7, 11) is 0. The van der Waals surface area contributed by atoms with E-state index in [9.17, 15) is 22.8 Å². The normalized spacial score (nSPS) is 17.7. The Morgan fingerprint density at radius 1 is 1.22 bits per heavy atom. The first kappa shape index (κ1) is 25.6. The lowest BCUT2D eigenvalue weighted by Crippen LogP contribution is -2.39. The first-order valence-electron chi connectivity index (χ1n) is 11.7. The number of hydrogen-bond acceptors (Lipinski definition) is 4. The van der Waals surface area contributed by atoms with Gasteiger partial charge in [0.15, 0.2) is 0 Å². The molecule has 0 fully saturated rings. The number of aliphatic hydroxyl groups is 1. The van der Waals surface area contributed by atoms with Gasteiger partial charge in [0.2, 0.25) is 5.91 Å². The van der Waals surface area contributed by atoms with E-state index >= 15 is 0 Å². The molecule has 10 heteroatoms. The lowest BCUT2D eigenvalue weighted by molar-refractivity contribution is -0.137. The molecule has 0 saturated carbocycles. The Morgan fingerprint density at radius 3 is 2.72 bits per heavy atom. The highest BCUT2D eigenvalue weighted by molar-refractivity contribution is 6.05. The number of urea groups is 1. The van der Waals surface area contributed by atoms with E-state index in [1.165, 1.54) is 12.1 Å². The second-order valence-corrected chi connectivity index (χ2v) is 9.56. The summed E-state index contributed by atoms with van der Waals surface area (Å²) in [6.07, 6.45) is -1.47. The van der Waals surface area contributed by atoms with Crippen LogP contribution in [-0.4, -0.2) is 40.7 Å². The van der Waals surface area contributed by atoms with Crippen LogP contribution in [0.1, 0.15) is 49.8 Å². The molecule has 2 aromatic carbocycles. The van der Waals surface area contributed by atoms with Crippen LogP contribution in [0.15, 0.2) is 42.5 Å². The molecule has 0 saturated heterocycles. The maximum absolute atomic E-state index is 13.2. The molecule has 0 unspecified atom stereocenters. The number of nitrogens with zero attached hydrogens (tertiary/aromatic N) is 1. The summed E-state index contributed by atoms with van der Waals surface area (Å²) in [4.78, 5) is 26.9. The molecule has 2 heterocycles. The summed E-state index contributed by atoms with van der Waals surface area (Å²) in [6.45, 7) is 4.54. The van der Waals surface area contributed by atoms with Crippen LogP contribution in [-0.2, 0) is 17.5 Å². The van der Waals surface area contributed by atoms with E-state index in [2.05, 4.69) is 10.6 Å². The Hall–Kier alpha value is -3.53. The molecule has 0 aliphatic carbocycles. The standard InChI is InChI=1S/C26H28F3N3O4/c1-25(2)14-17(20-8-6-18(26(27,28)29)12-22(20)36-25)11-23(34)30-19-7-5-16-15-32(9-3-4-10-33)24(35)31-21(16)13-19/h5-8,11-13,33H,3-4,9-10,14-15H2,1-2H3,(H,30,34)(H,31,35)/b17-11+. The number of alkyl halides is 3. The van der Waals surface area contributed by atoms with Gasteiger partial charge in [-0.1, -0.05) is 12.1 Å². The third-order valence-electron chi connectivity index (χ3n) is 6.07. The van der Waals surface area contributed by atoms with Crippen molar-refractivity contribution in [2.75, 3.05) is 23.8 Å². The monoisotopic (exact) mass is 503 g/mol. The molecule has 3 N–H and O–H groups in total. The summed E-state index contributed by atoms with van der Waals surface area (Å²) in [5, 5.41) is 14.5. The molecule has 4 rings (SSSR count). The highest BCUT2D eigenvalue weighted by Crippen LogP contribution is 2.43. The predicted molar refractivity (Wildman–Crippen MR) is 130 cm³/mol. The number of nitrogens with one attached hydrogen (secondary N) is 2. The van der Waals surface area contributed by atoms with Crippen LogP contribution in [0.4, 0.5) is 29.3 Å². The van der Waals surface area contributed by atoms with Crippen LogP contribution in [0.2, 0.25) is 0 Å². The largest absolute Gasteiger partial charge is 0.487 e. The Morgan fingerprint density at radius 2 is 2.00 bits per heavy atom. The second-order valence-electron chi connectivity index (χ2n) is 9.56. The highest BCUT2D eigenvalue weighted by atomic mass is 19.4. The number of aliphatic hydroxyl groups excluding tert-OH is 1. The lowest BCUT2D eigenvalue weighted by Gasteiger charge is -2.34. The molecule has 0 atom stereocenters. The Labute approximate surface area is 206 Å². The number of benzene rings is 2. The third kappa shape index (κ3) is 5.81. The van der Waals surface area contributed by atoms with Gasteiger partial charge in [-0.05, 0) is 62.1 Å². The summed E-state index contributed by atoms with van der Waals surface area (Å²) in [5.74, 6) is -0.360. The number of hydrogen-bond donors (Lipinski definition) is 3. The third-order valence-corrected chi connectivity index (χ3v) is 6.07. The zero-order valence-electron chi connectivity index (χ0n) is 20.0.